The summed E-state index contributed by atoms with van der Waals surface area (Å²) < 4.78 is 0. The summed E-state index contributed by atoms with van der Waals surface area (Å²) in [5, 5.41) is 14.9. The van der Waals surface area contributed by atoms with Crippen LogP contribution in [0.4, 0.5) is 5.69 Å². The third-order valence-corrected chi connectivity index (χ3v) is 3.87. The second-order valence-corrected chi connectivity index (χ2v) is 5.60. The highest BCUT2D eigenvalue weighted by Gasteiger charge is 2.13. The molecule has 0 aliphatic carbocycles. The first-order chi connectivity index (χ1) is 10.6. The summed E-state index contributed by atoms with van der Waals surface area (Å²) >= 11 is 11.9. The van der Waals surface area contributed by atoms with Gasteiger partial charge in [-0.3, -0.25) is 4.79 Å². The lowest BCUT2D eigenvalue weighted by Crippen LogP contribution is -2.12. The molecule has 0 fully saturated rings. The number of carbonyl (C=O) groups excluding carboxylic acids is 1. The van der Waals surface area contributed by atoms with Crippen LogP contribution in [0, 0.1) is 0 Å². The molecule has 0 radical (unpaired) electrons. The minimum atomic E-state index is -0.336. The number of carbonyl (C=O) groups is 1. The number of phenols is 1. The average Bonchev–Trinajstić information content (AvgIpc) is 2.50. The molecule has 5 heteroatoms. The molecule has 0 unspecified atom stereocenters. The van der Waals surface area contributed by atoms with Gasteiger partial charge in [0.1, 0.15) is 5.75 Å². The largest absolute Gasteiger partial charge is 0.507 e. The highest BCUT2D eigenvalue weighted by molar-refractivity contribution is 6.37. The Balaban J connectivity index is 2.00. The van der Waals surface area contributed by atoms with Crippen molar-refractivity contribution in [2.75, 3.05) is 5.32 Å². The maximum atomic E-state index is 12.4. The fraction of sp³-hybridized carbons (Fsp3) is 0. The van der Waals surface area contributed by atoms with Crippen molar-refractivity contribution in [2.45, 2.75) is 0 Å². The van der Waals surface area contributed by atoms with Crippen LogP contribution in [0.2, 0.25) is 10.0 Å². The van der Waals surface area contributed by atoms with E-state index in [9.17, 15) is 9.90 Å². The van der Waals surface area contributed by atoms with Gasteiger partial charge in [0, 0.05) is 21.5 Å². The number of hydrogen-bond donors (Lipinski definition) is 2. The van der Waals surface area contributed by atoms with Gasteiger partial charge in [-0.25, -0.2) is 0 Å². The molecule has 3 aromatic rings. The molecule has 0 aliphatic rings. The molecule has 0 aliphatic heterocycles. The maximum Gasteiger partial charge on any atom is 0.257 e. The van der Waals surface area contributed by atoms with Crippen LogP contribution >= 0.6 is 23.2 Å². The summed E-state index contributed by atoms with van der Waals surface area (Å²) in [6.45, 7) is 0. The number of hydrogen-bond acceptors (Lipinski definition) is 2. The van der Waals surface area contributed by atoms with E-state index in [0.717, 1.165) is 5.39 Å². The molecule has 1 amide bonds. The van der Waals surface area contributed by atoms with Crippen LogP contribution < -0.4 is 5.32 Å². The van der Waals surface area contributed by atoms with Crippen LogP contribution in [-0.4, -0.2) is 11.0 Å². The molecular weight excluding hydrogens is 321 g/mol. The zero-order chi connectivity index (χ0) is 15.7. The molecule has 0 saturated heterocycles. The first-order valence-electron chi connectivity index (χ1n) is 6.53. The van der Waals surface area contributed by atoms with Gasteiger partial charge in [0.25, 0.3) is 5.91 Å². The molecule has 0 spiro atoms. The second-order valence-electron chi connectivity index (χ2n) is 4.76. The van der Waals surface area contributed by atoms with Crippen LogP contribution in [0.25, 0.3) is 10.8 Å². The minimum Gasteiger partial charge on any atom is -0.507 e. The van der Waals surface area contributed by atoms with E-state index in [2.05, 4.69) is 5.32 Å². The van der Waals surface area contributed by atoms with Crippen molar-refractivity contribution in [1.29, 1.82) is 0 Å². The SMILES string of the molecule is O=C(Nc1ccc(O)c2ccccc12)c1ccc(Cl)cc1Cl. The normalized spacial score (nSPS) is 10.6. The van der Waals surface area contributed by atoms with Crippen molar-refractivity contribution in [3.05, 3.63) is 70.2 Å². The molecular formula is C17H11Cl2NO2. The highest BCUT2D eigenvalue weighted by Crippen LogP contribution is 2.31. The summed E-state index contributed by atoms with van der Waals surface area (Å²) in [7, 11) is 0. The summed E-state index contributed by atoms with van der Waals surface area (Å²) in [5.41, 5.74) is 0.938. The van der Waals surface area contributed by atoms with E-state index < -0.39 is 0 Å². The Morgan fingerprint density at radius 3 is 2.41 bits per heavy atom. The van der Waals surface area contributed by atoms with Crippen molar-refractivity contribution in [3.8, 4) is 5.75 Å². The Kier molecular flexibility index (Phi) is 3.92. The first kappa shape index (κ1) is 14.7. The van der Waals surface area contributed by atoms with Gasteiger partial charge in [0.15, 0.2) is 0 Å². The van der Waals surface area contributed by atoms with Crippen molar-refractivity contribution >= 4 is 45.6 Å². The van der Waals surface area contributed by atoms with Gasteiger partial charge >= 0.3 is 0 Å². The van der Waals surface area contributed by atoms with Gasteiger partial charge in [0.2, 0.25) is 0 Å². The van der Waals surface area contributed by atoms with E-state index in [4.69, 9.17) is 23.2 Å². The molecule has 0 heterocycles. The predicted molar refractivity (Wildman–Crippen MR) is 90.0 cm³/mol. The number of amides is 1. The predicted octanol–water partition coefficient (Wildman–Crippen LogP) is 5.10. The van der Waals surface area contributed by atoms with Gasteiger partial charge < -0.3 is 10.4 Å². The van der Waals surface area contributed by atoms with Crippen LogP contribution in [0.5, 0.6) is 5.75 Å². The summed E-state index contributed by atoms with van der Waals surface area (Å²) in [5.74, 6) is -0.171. The van der Waals surface area contributed by atoms with E-state index in [1.807, 2.05) is 18.2 Å². The number of benzene rings is 3. The van der Waals surface area contributed by atoms with E-state index in [1.54, 1.807) is 30.3 Å². The molecule has 3 nitrogen and oxygen atoms in total. The molecule has 0 saturated carbocycles. The van der Waals surface area contributed by atoms with Crippen LogP contribution in [0.3, 0.4) is 0 Å². The molecule has 110 valence electrons. The van der Waals surface area contributed by atoms with E-state index in [-0.39, 0.29) is 16.7 Å². The molecule has 22 heavy (non-hydrogen) atoms. The van der Waals surface area contributed by atoms with Crippen LogP contribution in [0.15, 0.2) is 54.6 Å². The minimum absolute atomic E-state index is 0.165. The van der Waals surface area contributed by atoms with Crippen molar-refractivity contribution in [3.63, 3.8) is 0 Å². The fourth-order valence-corrected chi connectivity index (χ4v) is 2.75. The summed E-state index contributed by atoms with van der Waals surface area (Å²) in [4.78, 5) is 12.4. The molecule has 2 N–H and O–H groups in total. The topological polar surface area (TPSA) is 49.3 Å². The Bertz CT molecular complexity index is 878. The number of rotatable bonds is 2. The van der Waals surface area contributed by atoms with Gasteiger partial charge in [-0.15, -0.1) is 0 Å². The number of nitrogens with one attached hydrogen (secondary N) is 1. The standard InChI is InChI=1S/C17H11Cl2NO2/c18-10-5-6-13(14(19)9-10)17(22)20-15-7-8-16(21)12-4-2-1-3-11(12)15/h1-9,21H,(H,20,22). The lowest BCUT2D eigenvalue weighted by atomic mass is 10.1. The summed E-state index contributed by atoms with van der Waals surface area (Å²) in [6.07, 6.45) is 0. The lowest BCUT2D eigenvalue weighted by molar-refractivity contribution is 0.102. The Morgan fingerprint density at radius 1 is 0.955 bits per heavy atom. The molecule has 0 aromatic heterocycles. The van der Waals surface area contributed by atoms with E-state index in [1.165, 1.54) is 6.07 Å². The third-order valence-electron chi connectivity index (χ3n) is 3.33. The number of anilines is 1. The number of fused-ring (bicyclic) bond motifs is 1. The smallest absolute Gasteiger partial charge is 0.257 e. The number of phenolic OH excluding ortho intramolecular Hbond substituents is 1. The zero-order valence-corrected chi connectivity index (χ0v) is 12.8. The quantitative estimate of drug-likeness (QED) is 0.641. The molecule has 3 rings (SSSR count). The van der Waals surface area contributed by atoms with Crippen molar-refractivity contribution in [2.24, 2.45) is 0 Å². The van der Waals surface area contributed by atoms with Crippen molar-refractivity contribution < 1.29 is 9.90 Å². The highest BCUT2D eigenvalue weighted by atomic mass is 35.5. The monoisotopic (exact) mass is 331 g/mol. The molecule has 0 bridgehead atoms. The Morgan fingerprint density at radius 2 is 1.68 bits per heavy atom. The average molecular weight is 332 g/mol. The van der Waals surface area contributed by atoms with Crippen LogP contribution in [-0.2, 0) is 0 Å². The Labute approximate surface area is 137 Å². The molecule has 3 aromatic carbocycles. The number of halogens is 2. The Hall–Kier alpha value is -2.23. The van der Waals surface area contributed by atoms with E-state index >= 15 is 0 Å². The zero-order valence-electron chi connectivity index (χ0n) is 11.3. The third kappa shape index (κ3) is 2.73. The number of aromatic hydroxyl groups is 1. The molecule has 0 atom stereocenters. The fourth-order valence-electron chi connectivity index (χ4n) is 2.26. The van der Waals surface area contributed by atoms with Gasteiger partial charge in [-0.2, -0.15) is 0 Å². The van der Waals surface area contributed by atoms with Crippen LogP contribution in [0.1, 0.15) is 10.4 Å². The second kappa shape index (κ2) is 5.87. The van der Waals surface area contributed by atoms with Gasteiger partial charge in [0.05, 0.1) is 10.6 Å². The first-order valence-corrected chi connectivity index (χ1v) is 7.29. The summed E-state index contributed by atoms with van der Waals surface area (Å²) in [6, 6.07) is 15.2. The van der Waals surface area contributed by atoms with Crippen molar-refractivity contribution in [1.82, 2.24) is 0 Å². The van der Waals surface area contributed by atoms with Gasteiger partial charge in [-0.05, 0) is 30.3 Å². The van der Waals surface area contributed by atoms with E-state index in [0.29, 0.717) is 21.7 Å². The lowest BCUT2D eigenvalue weighted by Gasteiger charge is -2.11. The maximum absolute atomic E-state index is 12.4. The van der Waals surface area contributed by atoms with Gasteiger partial charge in [-0.1, -0.05) is 47.5 Å².